The number of hydrogen-bond donors (Lipinski definition) is 2. The Labute approximate surface area is 148 Å². The Bertz CT molecular complexity index is 671. The number of carboxylic acid groups (broad SMARTS) is 1. The van der Waals surface area contributed by atoms with E-state index in [9.17, 15) is 14.4 Å². The maximum Gasteiger partial charge on any atom is 0.335 e. The van der Waals surface area contributed by atoms with Gasteiger partial charge in [0.2, 0.25) is 11.8 Å². The van der Waals surface area contributed by atoms with Crippen LogP contribution in [0.1, 0.15) is 49.0 Å². The molecule has 0 aliphatic carbocycles. The predicted molar refractivity (Wildman–Crippen MR) is 95.5 cm³/mol. The molecule has 1 aromatic rings. The highest BCUT2D eigenvalue weighted by Crippen LogP contribution is 2.23. The maximum atomic E-state index is 12.6. The molecule has 6 nitrogen and oxygen atoms in total. The molecule has 1 aromatic carbocycles. The number of rotatable bonds is 5. The van der Waals surface area contributed by atoms with Crippen LogP contribution in [0.25, 0.3) is 0 Å². The fourth-order valence-electron chi connectivity index (χ4n) is 3.00. The van der Waals surface area contributed by atoms with Crippen molar-refractivity contribution in [3.8, 4) is 0 Å². The minimum absolute atomic E-state index is 0.0312. The minimum atomic E-state index is -1.03. The smallest absolute Gasteiger partial charge is 0.335 e. The van der Waals surface area contributed by atoms with E-state index in [0.717, 1.165) is 24.8 Å². The summed E-state index contributed by atoms with van der Waals surface area (Å²) in [6, 6.07) is 4.67. The summed E-state index contributed by atoms with van der Waals surface area (Å²) in [6.45, 7) is 6.83. The molecule has 1 heterocycles. The van der Waals surface area contributed by atoms with Gasteiger partial charge in [-0.3, -0.25) is 9.59 Å². The Balaban J connectivity index is 2.07. The van der Waals surface area contributed by atoms with Crippen molar-refractivity contribution in [1.82, 2.24) is 4.90 Å². The SMILES string of the molecule is CC[C@@H](C)C(=O)N1CCC[C@H](C(=O)Nc2cc(C(=O)O)ccc2C)C1. The number of nitrogens with zero attached hydrogens (tertiary/aromatic N) is 1. The van der Waals surface area contributed by atoms with Gasteiger partial charge in [-0.05, 0) is 43.9 Å². The number of anilines is 1. The van der Waals surface area contributed by atoms with Crippen molar-refractivity contribution in [2.45, 2.75) is 40.0 Å². The van der Waals surface area contributed by atoms with Crippen molar-refractivity contribution >= 4 is 23.5 Å². The highest BCUT2D eigenvalue weighted by Gasteiger charge is 2.30. The van der Waals surface area contributed by atoms with Crippen LogP contribution in [-0.2, 0) is 9.59 Å². The number of carboxylic acids is 1. The molecule has 0 bridgehead atoms. The average molecular weight is 346 g/mol. The Morgan fingerprint density at radius 1 is 1.36 bits per heavy atom. The first-order chi connectivity index (χ1) is 11.8. The summed E-state index contributed by atoms with van der Waals surface area (Å²) in [4.78, 5) is 37.9. The zero-order valence-electron chi connectivity index (χ0n) is 15.0. The fraction of sp³-hybridized carbons (Fsp3) is 0.526. The quantitative estimate of drug-likeness (QED) is 0.858. The van der Waals surface area contributed by atoms with Gasteiger partial charge in [0.1, 0.15) is 0 Å². The number of aromatic carboxylic acids is 1. The zero-order chi connectivity index (χ0) is 18.6. The van der Waals surface area contributed by atoms with Gasteiger partial charge in [0, 0.05) is 24.7 Å². The van der Waals surface area contributed by atoms with Gasteiger partial charge >= 0.3 is 5.97 Å². The van der Waals surface area contributed by atoms with Crippen LogP contribution in [-0.4, -0.2) is 40.9 Å². The van der Waals surface area contributed by atoms with Crippen molar-refractivity contribution in [2.24, 2.45) is 11.8 Å². The number of benzene rings is 1. The summed E-state index contributed by atoms with van der Waals surface area (Å²) >= 11 is 0. The van der Waals surface area contributed by atoms with Gasteiger partial charge in [0.05, 0.1) is 11.5 Å². The average Bonchev–Trinajstić information content (AvgIpc) is 2.62. The van der Waals surface area contributed by atoms with Crippen LogP contribution < -0.4 is 5.32 Å². The number of aryl methyl sites for hydroxylation is 1. The van der Waals surface area contributed by atoms with Gasteiger partial charge in [-0.2, -0.15) is 0 Å². The molecule has 1 fully saturated rings. The third kappa shape index (κ3) is 4.59. The number of amides is 2. The lowest BCUT2D eigenvalue weighted by Gasteiger charge is -2.33. The van der Waals surface area contributed by atoms with Gasteiger partial charge in [-0.1, -0.05) is 19.9 Å². The van der Waals surface area contributed by atoms with E-state index in [1.54, 1.807) is 11.0 Å². The Kier molecular flexibility index (Phi) is 6.17. The molecular formula is C19H26N2O4. The van der Waals surface area contributed by atoms with Crippen molar-refractivity contribution < 1.29 is 19.5 Å². The molecule has 0 unspecified atom stereocenters. The van der Waals surface area contributed by atoms with Crippen LogP contribution in [0, 0.1) is 18.8 Å². The standard InChI is InChI=1S/C19H26N2O4/c1-4-12(2)18(23)21-9-5-6-15(11-21)17(22)20-16-10-14(19(24)25)8-7-13(16)3/h7-8,10,12,15H,4-6,9,11H2,1-3H3,(H,20,22)(H,24,25)/t12-,15+/m1/s1. The molecule has 2 atom stereocenters. The lowest BCUT2D eigenvalue weighted by Crippen LogP contribution is -2.45. The molecule has 6 heteroatoms. The summed E-state index contributed by atoms with van der Waals surface area (Å²) in [5.74, 6) is -1.39. The third-order valence-corrected chi connectivity index (χ3v) is 4.88. The van der Waals surface area contributed by atoms with E-state index >= 15 is 0 Å². The second kappa shape index (κ2) is 8.14. The molecule has 136 valence electrons. The number of carbonyl (C=O) groups is 3. The monoisotopic (exact) mass is 346 g/mol. The number of hydrogen-bond acceptors (Lipinski definition) is 3. The van der Waals surface area contributed by atoms with E-state index in [4.69, 9.17) is 5.11 Å². The molecule has 0 saturated carbocycles. The van der Waals surface area contributed by atoms with Crippen molar-refractivity contribution in [3.05, 3.63) is 29.3 Å². The van der Waals surface area contributed by atoms with E-state index in [2.05, 4.69) is 5.32 Å². The summed E-state index contributed by atoms with van der Waals surface area (Å²) < 4.78 is 0. The molecule has 2 amide bonds. The number of nitrogens with one attached hydrogen (secondary N) is 1. The van der Waals surface area contributed by atoms with E-state index in [-0.39, 0.29) is 29.2 Å². The predicted octanol–water partition coefficient (Wildman–Crippen LogP) is 2.92. The molecule has 25 heavy (non-hydrogen) atoms. The highest BCUT2D eigenvalue weighted by atomic mass is 16.4. The first-order valence-electron chi connectivity index (χ1n) is 8.77. The topological polar surface area (TPSA) is 86.7 Å². The molecule has 1 saturated heterocycles. The largest absolute Gasteiger partial charge is 0.478 e. The van der Waals surface area contributed by atoms with Crippen LogP contribution in [0.3, 0.4) is 0 Å². The van der Waals surface area contributed by atoms with Crippen molar-refractivity contribution in [3.63, 3.8) is 0 Å². The van der Waals surface area contributed by atoms with Gasteiger partial charge in [-0.25, -0.2) is 4.79 Å². The first kappa shape index (κ1) is 19.0. The second-order valence-corrected chi connectivity index (χ2v) is 6.76. The molecule has 0 aromatic heterocycles. The summed E-state index contributed by atoms with van der Waals surface area (Å²) in [6.07, 6.45) is 2.32. The maximum absolute atomic E-state index is 12.6. The number of piperidine rings is 1. The van der Waals surface area contributed by atoms with E-state index < -0.39 is 5.97 Å². The lowest BCUT2D eigenvalue weighted by atomic mass is 9.95. The minimum Gasteiger partial charge on any atom is -0.478 e. The Hall–Kier alpha value is -2.37. The Morgan fingerprint density at radius 3 is 2.72 bits per heavy atom. The normalized spacial score (nSPS) is 18.5. The van der Waals surface area contributed by atoms with Crippen molar-refractivity contribution in [1.29, 1.82) is 0 Å². The van der Waals surface area contributed by atoms with Crippen LogP contribution in [0.2, 0.25) is 0 Å². The zero-order valence-corrected chi connectivity index (χ0v) is 15.0. The summed E-state index contributed by atoms with van der Waals surface area (Å²) in [5.41, 5.74) is 1.45. The first-order valence-corrected chi connectivity index (χ1v) is 8.77. The summed E-state index contributed by atoms with van der Waals surface area (Å²) in [7, 11) is 0. The molecule has 0 radical (unpaired) electrons. The van der Waals surface area contributed by atoms with Crippen LogP contribution in [0.4, 0.5) is 5.69 Å². The van der Waals surface area contributed by atoms with Gasteiger partial charge in [0.15, 0.2) is 0 Å². The molecule has 2 rings (SSSR count). The van der Waals surface area contributed by atoms with Crippen LogP contribution in [0.5, 0.6) is 0 Å². The second-order valence-electron chi connectivity index (χ2n) is 6.76. The Morgan fingerprint density at radius 2 is 2.08 bits per heavy atom. The molecule has 0 spiro atoms. The fourth-order valence-corrected chi connectivity index (χ4v) is 3.00. The highest BCUT2D eigenvalue weighted by molar-refractivity contribution is 5.96. The molecule has 1 aliphatic heterocycles. The van der Waals surface area contributed by atoms with Gasteiger partial charge in [0.25, 0.3) is 0 Å². The van der Waals surface area contributed by atoms with Crippen LogP contribution >= 0.6 is 0 Å². The van der Waals surface area contributed by atoms with Crippen molar-refractivity contribution in [2.75, 3.05) is 18.4 Å². The molecule has 1 aliphatic rings. The molecule has 2 N–H and O–H groups in total. The third-order valence-electron chi connectivity index (χ3n) is 4.88. The van der Waals surface area contributed by atoms with Gasteiger partial charge in [-0.15, -0.1) is 0 Å². The number of carbonyl (C=O) groups excluding carboxylic acids is 2. The van der Waals surface area contributed by atoms with E-state index in [0.29, 0.717) is 18.8 Å². The van der Waals surface area contributed by atoms with Gasteiger partial charge < -0.3 is 15.3 Å². The van der Waals surface area contributed by atoms with E-state index in [1.165, 1.54) is 12.1 Å². The van der Waals surface area contributed by atoms with Crippen LogP contribution in [0.15, 0.2) is 18.2 Å². The number of likely N-dealkylation sites (tertiary alicyclic amines) is 1. The summed E-state index contributed by atoms with van der Waals surface area (Å²) in [5, 5.41) is 11.9. The lowest BCUT2D eigenvalue weighted by molar-refractivity contribution is -0.138. The van der Waals surface area contributed by atoms with E-state index in [1.807, 2.05) is 20.8 Å². The molecular weight excluding hydrogens is 320 g/mol.